The zero-order valence-corrected chi connectivity index (χ0v) is 13.7. The van der Waals surface area contributed by atoms with Crippen LogP contribution in [0.5, 0.6) is 0 Å². The molecule has 0 bridgehead atoms. The Bertz CT molecular complexity index is 219. The molecule has 0 aromatic heterocycles. The highest BCUT2D eigenvalue weighted by atomic mass is 32.2. The van der Waals surface area contributed by atoms with Crippen LogP contribution in [0.3, 0.4) is 0 Å². The van der Waals surface area contributed by atoms with Crippen molar-refractivity contribution < 1.29 is 0 Å². The van der Waals surface area contributed by atoms with Gasteiger partial charge < -0.3 is 5.32 Å². The Hall–Kier alpha value is 0.270. The monoisotopic (exact) mass is 272 g/mol. The third-order valence-electron chi connectivity index (χ3n) is 3.84. The van der Waals surface area contributed by atoms with E-state index in [1.165, 1.54) is 37.6 Å². The van der Waals surface area contributed by atoms with Crippen LogP contribution in [0.15, 0.2) is 0 Å². The van der Waals surface area contributed by atoms with Gasteiger partial charge in [-0.25, -0.2) is 0 Å². The van der Waals surface area contributed by atoms with E-state index in [0.717, 1.165) is 17.9 Å². The van der Waals surface area contributed by atoms with Crippen molar-refractivity contribution in [1.82, 2.24) is 10.2 Å². The molecule has 2 nitrogen and oxygen atoms in total. The zero-order chi connectivity index (χ0) is 13.5. The quantitative estimate of drug-likeness (QED) is 0.717. The average molecular weight is 273 g/mol. The molecule has 18 heavy (non-hydrogen) atoms. The molecule has 108 valence electrons. The summed E-state index contributed by atoms with van der Waals surface area (Å²) < 4.78 is 0. The van der Waals surface area contributed by atoms with Crippen LogP contribution in [0.4, 0.5) is 0 Å². The first kappa shape index (κ1) is 16.3. The highest BCUT2D eigenvalue weighted by Crippen LogP contribution is 2.18. The predicted octanol–water partition coefficient (Wildman–Crippen LogP) is 3.08. The van der Waals surface area contributed by atoms with E-state index in [-0.39, 0.29) is 0 Å². The van der Waals surface area contributed by atoms with Crippen molar-refractivity contribution in [3.63, 3.8) is 0 Å². The first-order valence-electron chi connectivity index (χ1n) is 7.59. The minimum atomic E-state index is 0.681. The van der Waals surface area contributed by atoms with E-state index < -0.39 is 0 Å². The lowest BCUT2D eigenvalue weighted by Gasteiger charge is -2.42. The number of piperazine rings is 1. The van der Waals surface area contributed by atoms with Gasteiger partial charge in [-0.2, -0.15) is 11.8 Å². The number of nitrogens with one attached hydrogen (secondary N) is 1. The SMILES string of the molecule is CCSCCN1CC(C(C)C)NCC1CC(C)C. The van der Waals surface area contributed by atoms with Crippen molar-refractivity contribution in [2.24, 2.45) is 11.8 Å². The molecule has 2 unspecified atom stereocenters. The van der Waals surface area contributed by atoms with Crippen LogP contribution in [0, 0.1) is 11.8 Å². The van der Waals surface area contributed by atoms with E-state index in [1.54, 1.807) is 0 Å². The molecular formula is C15H32N2S. The second-order valence-corrected chi connectivity index (χ2v) is 7.63. The largest absolute Gasteiger partial charge is 0.311 e. The topological polar surface area (TPSA) is 15.3 Å². The molecule has 0 aromatic carbocycles. The van der Waals surface area contributed by atoms with E-state index in [0.29, 0.717) is 6.04 Å². The van der Waals surface area contributed by atoms with Gasteiger partial charge >= 0.3 is 0 Å². The van der Waals surface area contributed by atoms with Crippen LogP contribution in [0.2, 0.25) is 0 Å². The second kappa shape index (κ2) is 8.44. The van der Waals surface area contributed by atoms with Crippen LogP contribution in [-0.2, 0) is 0 Å². The fraction of sp³-hybridized carbons (Fsp3) is 1.00. The van der Waals surface area contributed by atoms with Crippen LogP contribution in [0.1, 0.15) is 41.0 Å². The maximum absolute atomic E-state index is 3.75. The van der Waals surface area contributed by atoms with Crippen molar-refractivity contribution in [2.45, 2.75) is 53.1 Å². The highest BCUT2D eigenvalue weighted by Gasteiger charge is 2.29. The van der Waals surface area contributed by atoms with Crippen LogP contribution in [0.25, 0.3) is 0 Å². The van der Waals surface area contributed by atoms with Crippen LogP contribution < -0.4 is 5.32 Å². The second-order valence-electron chi connectivity index (χ2n) is 6.23. The first-order chi connectivity index (χ1) is 8.54. The summed E-state index contributed by atoms with van der Waals surface area (Å²) in [6.07, 6.45) is 1.33. The van der Waals surface area contributed by atoms with Gasteiger partial charge in [-0.3, -0.25) is 4.90 Å². The molecule has 0 amide bonds. The molecule has 0 aliphatic carbocycles. The Balaban J connectivity index is 2.49. The first-order valence-corrected chi connectivity index (χ1v) is 8.75. The van der Waals surface area contributed by atoms with E-state index in [2.05, 4.69) is 56.6 Å². The molecule has 2 atom stereocenters. The normalized spacial score (nSPS) is 26.2. The Morgan fingerprint density at radius 1 is 1.28 bits per heavy atom. The molecule has 1 saturated heterocycles. The number of hydrogen-bond acceptors (Lipinski definition) is 3. The van der Waals surface area contributed by atoms with Gasteiger partial charge in [0.2, 0.25) is 0 Å². The highest BCUT2D eigenvalue weighted by molar-refractivity contribution is 7.99. The summed E-state index contributed by atoms with van der Waals surface area (Å²) >= 11 is 2.07. The lowest BCUT2D eigenvalue weighted by atomic mass is 9.95. The van der Waals surface area contributed by atoms with E-state index in [1.807, 2.05) is 0 Å². The van der Waals surface area contributed by atoms with E-state index >= 15 is 0 Å². The lowest BCUT2D eigenvalue weighted by molar-refractivity contribution is 0.106. The van der Waals surface area contributed by atoms with E-state index in [4.69, 9.17) is 0 Å². The molecule has 0 radical (unpaired) electrons. The summed E-state index contributed by atoms with van der Waals surface area (Å²) in [6.45, 7) is 15.3. The summed E-state index contributed by atoms with van der Waals surface area (Å²) in [5.74, 6) is 4.07. The van der Waals surface area contributed by atoms with Gasteiger partial charge in [0, 0.05) is 37.5 Å². The molecule has 1 fully saturated rings. The number of hydrogen-bond donors (Lipinski definition) is 1. The van der Waals surface area contributed by atoms with Gasteiger partial charge in [0.1, 0.15) is 0 Å². The van der Waals surface area contributed by atoms with Crippen molar-refractivity contribution in [3.8, 4) is 0 Å². The summed E-state index contributed by atoms with van der Waals surface area (Å²) in [5.41, 5.74) is 0. The van der Waals surface area contributed by atoms with Gasteiger partial charge in [-0.05, 0) is 24.0 Å². The molecule has 0 saturated carbocycles. The third kappa shape index (κ3) is 5.50. The van der Waals surface area contributed by atoms with Crippen molar-refractivity contribution in [3.05, 3.63) is 0 Å². The van der Waals surface area contributed by atoms with Crippen LogP contribution in [-0.4, -0.2) is 48.1 Å². The Morgan fingerprint density at radius 3 is 2.56 bits per heavy atom. The fourth-order valence-electron chi connectivity index (χ4n) is 2.71. The number of nitrogens with zero attached hydrogens (tertiary/aromatic N) is 1. The minimum Gasteiger partial charge on any atom is -0.311 e. The Labute approximate surface area is 118 Å². The van der Waals surface area contributed by atoms with Gasteiger partial charge in [0.15, 0.2) is 0 Å². The number of rotatable bonds is 7. The number of thioether (sulfide) groups is 1. The third-order valence-corrected chi connectivity index (χ3v) is 4.72. The van der Waals surface area contributed by atoms with E-state index in [9.17, 15) is 0 Å². The standard InChI is InChI=1S/C15H32N2S/c1-6-18-8-7-17-11-15(13(4)5)16-10-14(17)9-12(2)3/h12-16H,6-11H2,1-5H3. The maximum Gasteiger partial charge on any atom is 0.0224 e. The molecule has 0 spiro atoms. The Morgan fingerprint density at radius 2 is 2.00 bits per heavy atom. The maximum atomic E-state index is 3.75. The van der Waals surface area contributed by atoms with Gasteiger partial charge in [-0.15, -0.1) is 0 Å². The molecule has 1 N–H and O–H groups in total. The zero-order valence-electron chi connectivity index (χ0n) is 12.9. The predicted molar refractivity (Wildman–Crippen MR) is 84.4 cm³/mol. The Kier molecular flexibility index (Phi) is 7.66. The van der Waals surface area contributed by atoms with Crippen molar-refractivity contribution >= 4 is 11.8 Å². The van der Waals surface area contributed by atoms with Crippen molar-refractivity contribution in [1.29, 1.82) is 0 Å². The van der Waals surface area contributed by atoms with Gasteiger partial charge in [-0.1, -0.05) is 34.6 Å². The molecule has 1 aliphatic rings. The molecule has 1 aliphatic heterocycles. The fourth-order valence-corrected chi connectivity index (χ4v) is 3.36. The summed E-state index contributed by atoms with van der Waals surface area (Å²) in [6, 6.07) is 1.43. The average Bonchev–Trinajstić information content (AvgIpc) is 2.30. The molecular weight excluding hydrogens is 240 g/mol. The van der Waals surface area contributed by atoms with Crippen molar-refractivity contribution in [2.75, 3.05) is 31.1 Å². The minimum absolute atomic E-state index is 0.681. The summed E-state index contributed by atoms with van der Waals surface area (Å²) in [7, 11) is 0. The lowest BCUT2D eigenvalue weighted by Crippen LogP contribution is -2.58. The van der Waals surface area contributed by atoms with Gasteiger partial charge in [0.25, 0.3) is 0 Å². The molecule has 1 rings (SSSR count). The van der Waals surface area contributed by atoms with Crippen LogP contribution >= 0.6 is 11.8 Å². The summed E-state index contributed by atoms with van der Waals surface area (Å²) in [4.78, 5) is 2.74. The van der Waals surface area contributed by atoms with Gasteiger partial charge in [0.05, 0.1) is 0 Å². The smallest absolute Gasteiger partial charge is 0.0224 e. The molecule has 0 aromatic rings. The summed E-state index contributed by atoms with van der Waals surface area (Å²) in [5, 5.41) is 3.75. The molecule has 1 heterocycles. The molecule has 3 heteroatoms.